The number of carbonyl (C=O) groups is 5. The van der Waals surface area contributed by atoms with Crippen LogP contribution in [0.2, 0.25) is 0 Å². The zero-order valence-corrected chi connectivity index (χ0v) is 28.8. The van der Waals surface area contributed by atoms with E-state index in [4.69, 9.17) is 14.3 Å². The zero-order valence-electron chi connectivity index (χ0n) is 28.8. The summed E-state index contributed by atoms with van der Waals surface area (Å²) < 4.78 is 65.5. The number of nitrogens with zero attached hydrogens (tertiary/aromatic N) is 1. The minimum absolute atomic E-state index is 0.0305. The Morgan fingerprint density at radius 1 is 1.08 bits per heavy atom. The molecule has 13 nitrogen and oxygen atoms in total. The van der Waals surface area contributed by atoms with Gasteiger partial charge in [0, 0.05) is 24.4 Å². The van der Waals surface area contributed by atoms with Crippen LogP contribution in [0.15, 0.2) is 24.3 Å². The van der Waals surface area contributed by atoms with E-state index in [-0.39, 0.29) is 43.3 Å². The Labute approximate surface area is 292 Å². The lowest BCUT2D eigenvalue weighted by Crippen LogP contribution is -2.59. The fraction of sp³-hybridized carbons (Fsp3) is 0.618. The number of rotatable bonds is 11. The van der Waals surface area contributed by atoms with Gasteiger partial charge in [0.25, 0.3) is 5.91 Å². The standard InChI is InChI=1S/C34H43F4N5O8/c1-5-6-23(26(44)29(46)39-21-7-8-21)40-28(45)25-15-33(14-24(42-51-33)18-11-19(34(36,37)38)13-20(35)12-18)17-43(25)30(47)27(32(2,3)4)41-31(48)50-22-9-10-49-16-22/h11-14,21-23,25,27,42H,5-10,15-17H2,1-4H3,(H,39,46)(H,40,45)(H,41,48)/t22-,23-,25-,27+,33+/m0/s1. The molecule has 0 aromatic heterocycles. The largest absolute Gasteiger partial charge is 0.444 e. The first kappa shape index (κ1) is 38.0. The average molecular weight is 726 g/mol. The number of benzene rings is 1. The van der Waals surface area contributed by atoms with Crippen molar-refractivity contribution in [3.05, 3.63) is 41.2 Å². The van der Waals surface area contributed by atoms with E-state index in [2.05, 4.69) is 21.4 Å². The summed E-state index contributed by atoms with van der Waals surface area (Å²) in [5.41, 5.74) is -1.34. The van der Waals surface area contributed by atoms with Crippen molar-refractivity contribution in [2.75, 3.05) is 19.8 Å². The van der Waals surface area contributed by atoms with Crippen LogP contribution in [0.1, 0.15) is 77.3 Å². The normalized spacial score (nSPS) is 24.4. The molecule has 3 fully saturated rings. The molecule has 1 spiro atoms. The molecule has 4 N–H and O–H groups in total. The number of Topliss-reactive ketones (excluding diaryl/α,β-unsaturated/α-hetero) is 1. The van der Waals surface area contributed by atoms with Crippen molar-refractivity contribution in [3.63, 3.8) is 0 Å². The number of alkyl carbamates (subject to hydrolysis) is 1. The van der Waals surface area contributed by atoms with E-state index < -0.39 is 82.4 Å². The molecule has 280 valence electrons. The molecule has 3 aliphatic heterocycles. The lowest BCUT2D eigenvalue weighted by Gasteiger charge is -2.35. The summed E-state index contributed by atoms with van der Waals surface area (Å²) in [4.78, 5) is 74.1. The third-order valence-electron chi connectivity index (χ3n) is 9.13. The summed E-state index contributed by atoms with van der Waals surface area (Å²) in [5.74, 6) is -4.32. The molecule has 1 aliphatic carbocycles. The minimum Gasteiger partial charge on any atom is -0.444 e. The Kier molecular flexibility index (Phi) is 11.0. The van der Waals surface area contributed by atoms with Crippen LogP contribution in [0, 0.1) is 11.2 Å². The van der Waals surface area contributed by atoms with Crippen LogP contribution in [-0.4, -0.2) is 90.1 Å². The number of ether oxygens (including phenoxy) is 2. The number of hydrogen-bond acceptors (Lipinski definition) is 9. The second kappa shape index (κ2) is 14.8. The lowest BCUT2D eigenvalue weighted by atomic mass is 9.85. The summed E-state index contributed by atoms with van der Waals surface area (Å²) in [5, 5.41) is 7.86. The first-order valence-electron chi connectivity index (χ1n) is 16.9. The fourth-order valence-corrected chi connectivity index (χ4v) is 6.27. The molecule has 4 amide bonds. The number of hydroxylamine groups is 1. The topological polar surface area (TPSA) is 164 Å². The molecular weight excluding hydrogens is 682 g/mol. The van der Waals surface area contributed by atoms with E-state index in [0.29, 0.717) is 25.5 Å². The van der Waals surface area contributed by atoms with Crippen LogP contribution in [0.25, 0.3) is 5.70 Å². The quantitative estimate of drug-likeness (QED) is 0.198. The molecule has 1 saturated carbocycles. The highest BCUT2D eigenvalue weighted by Gasteiger charge is 2.54. The molecule has 4 aliphatic rings. The number of ketones is 1. The number of nitrogens with one attached hydrogen (secondary N) is 4. The van der Waals surface area contributed by atoms with Crippen LogP contribution in [-0.2, 0) is 39.7 Å². The van der Waals surface area contributed by atoms with E-state index in [0.717, 1.165) is 29.9 Å². The maximum atomic E-state index is 14.4. The van der Waals surface area contributed by atoms with Gasteiger partial charge < -0.3 is 30.3 Å². The highest BCUT2D eigenvalue weighted by atomic mass is 19.4. The Morgan fingerprint density at radius 3 is 2.41 bits per heavy atom. The molecule has 51 heavy (non-hydrogen) atoms. The third-order valence-corrected chi connectivity index (χ3v) is 9.13. The predicted molar refractivity (Wildman–Crippen MR) is 172 cm³/mol. The molecule has 2 saturated heterocycles. The molecular formula is C34H43F4N5O8. The predicted octanol–water partition coefficient (Wildman–Crippen LogP) is 3.12. The van der Waals surface area contributed by atoms with Gasteiger partial charge in [0.15, 0.2) is 0 Å². The van der Waals surface area contributed by atoms with Gasteiger partial charge in [0.1, 0.15) is 29.6 Å². The molecule has 5 atom stereocenters. The number of hydrogen-bond donors (Lipinski definition) is 4. The smallest absolute Gasteiger partial charge is 0.416 e. The molecule has 0 radical (unpaired) electrons. The van der Waals surface area contributed by atoms with E-state index in [1.54, 1.807) is 27.7 Å². The van der Waals surface area contributed by atoms with Crippen LogP contribution < -0.4 is 21.4 Å². The van der Waals surface area contributed by atoms with E-state index in [1.807, 2.05) is 0 Å². The van der Waals surface area contributed by atoms with Gasteiger partial charge in [-0.3, -0.25) is 29.5 Å². The van der Waals surface area contributed by atoms with Gasteiger partial charge in [-0.1, -0.05) is 34.1 Å². The summed E-state index contributed by atoms with van der Waals surface area (Å²) >= 11 is 0. The van der Waals surface area contributed by atoms with Crippen LogP contribution in [0.4, 0.5) is 22.4 Å². The first-order valence-corrected chi connectivity index (χ1v) is 16.9. The number of carbonyl (C=O) groups excluding carboxylic acids is 5. The molecule has 1 aromatic carbocycles. The van der Waals surface area contributed by atoms with Crippen LogP contribution in [0.3, 0.4) is 0 Å². The van der Waals surface area contributed by atoms with Gasteiger partial charge in [0.05, 0.1) is 37.1 Å². The first-order chi connectivity index (χ1) is 23.9. The maximum absolute atomic E-state index is 14.4. The molecule has 1 aromatic rings. The maximum Gasteiger partial charge on any atom is 0.416 e. The van der Waals surface area contributed by atoms with Crippen LogP contribution >= 0.6 is 0 Å². The Bertz CT molecular complexity index is 1570. The summed E-state index contributed by atoms with van der Waals surface area (Å²) in [6.45, 7) is 7.13. The van der Waals surface area contributed by atoms with Gasteiger partial charge in [-0.2, -0.15) is 13.2 Å². The summed E-state index contributed by atoms with van der Waals surface area (Å²) in [7, 11) is 0. The Hall–Kier alpha value is -4.25. The second-order valence-corrected chi connectivity index (χ2v) is 14.5. The summed E-state index contributed by atoms with van der Waals surface area (Å²) in [6.07, 6.45) is -2.58. The third kappa shape index (κ3) is 9.16. The highest BCUT2D eigenvalue weighted by Crippen LogP contribution is 2.40. The van der Waals surface area contributed by atoms with E-state index in [1.165, 1.54) is 6.08 Å². The van der Waals surface area contributed by atoms with Gasteiger partial charge >= 0.3 is 12.3 Å². The molecule has 17 heteroatoms. The number of halogens is 4. The van der Waals surface area contributed by atoms with Crippen LogP contribution in [0.5, 0.6) is 0 Å². The van der Waals surface area contributed by atoms with E-state index >= 15 is 0 Å². The monoisotopic (exact) mass is 725 g/mol. The van der Waals surface area contributed by atoms with Crippen molar-refractivity contribution in [1.82, 2.24) is 26.3 Å². The van der Waals surface area contributed by atoms with Crippen molar-refractivity contribution < 1.29 is 55.8 Å². The summed E-state index contributed by atoms with van der Waals surface area (Å²) in [6, 6.07) is -1.92. The van der Waals surface area contributed by atoms with E-state index in [9.17, 15) is 41.5 Å². The minimum atomic E-state index is -4.84. The SMILES string of the molecule is CCC[C@H](NC(=O)[C@@H]1C[C@]2(C=C(c3cc(F)cc(C(F)(F)F)c3)NO2)CN1C(=O)[C@@H](NC(=O)O[C@H]1CCOC1)C(C)(C)C)C(=O)C(=O)NC1CC1. The number of alkyl halides is 3. The average Bonchev–Trinajstić information content (AvgIpc) is 3.39. The molecule has 0 bridgehead atoms. The molecule has 0 unspecified atom stereocenters. The lowest BCUT2D eigenvalue weighted by molar-refractivity contribution is -0.144. The van der Waals surface area contributed by atoms with Gasteiger partial charge in [0.2, 0.25) is 17.6 Å². The second-order valence-electron chi connectivity index (χ2n) is 14.5. The zero-order chi connectivity index (χ0) is 37.3. The molecule has 3 heterocycles. The van der Waals surface area contributed by atoms with Crippen molar-refractivity contribution >= 4 is 35.3 Å². The number of amides is 4. The van der Waals surface area contributed by atoms with Gasteiger partial charge in [-0.05, 0) is 49.0 Å². The Balaban J connectivity index is 1.45. The molecule has 5 rings (SSSR count). The Morgan fingerprint density at radius 2 is 1.80 bits per heavy atom. The number of likely N-dealkylation sites (tertiary alicyclic amines) is 1. The van der Waals surface area contributed by atoms with Gasteiger partial charge in [-0.15, -0.1) is 0 Å². The van der Waals surface area contributed by atoms with Crippen molar-refractivity contribution in [1.29, 1.82) is 0 Å². The van der Waals surface area contributed by atoms with Crippen molar-refractivity contribution in [3.8, 4) is 0 Å². The van der Waals surface area contributed by atoms with Crippen molar-refractivity contribution in [2.24, 2.45) is 5.41 Å². The highest BCUT2D eigenvalue weighted by molar-refractivity contribution is 6.38. The fourth-order valence-electron chi connectivity index (χ4n) is 6.27. The van der Waals surface area contributed by atoms with Crippen molar-refractivity contribution in [2.45, 2.75) is 108 Å². The van der Waals surface area contributed by atoms with Gasteiger partial charge in [-0.25, -0.2) is 9.18 Å².